The van der Waals surface area contributed by atoms with Gasteiger partial charge in [0.25, 0.3) is 5.56 Å². The van der Waals surface area contributed by atoms with Crippen LogP contribution in [0.25, 0.3) is 11.3 Å². The lowest BCUT2D eigenvalue weighted by molar-refractivity contribution is 0.412. The van der Waals surface area contributed by atoms with Gasteiger partial charge in [-0.05, 0) is 57.5 Å². The summed E-state index contributed by atoms with van der Waals surface area (Å²) in [7, 11) is 1.65. The molecule has 0 spiro atoms. The lowest BCUT2D eigenvalue weighted by Crippen LogP contribution is -2.39. The molecule has 0 aliphatic rings. The molecule has 1 aromatic carbocycles. The van der Waals surface area contributed by atoms with Gasteiger partial charge in [0.15, 0.2) is 0 Å². The molecule has 0 atom stereocenters. The Hall–Kier alpha value is -2.14. The molecule has 0 unspecified atom stereocenters. The smallest absolute Gasteiger partial charge is 0.271 e. The first-order valence-corrected chi connectivity index (χ1v) is 7.34. The predicted molar refractivity (Wildman–Crippen MR) is 88.1 cm³/mol. The quantitative estimate of drug-likeness (QED) is 0.941. The van der Waals surface area contributed by atoms with Crippen LogP contribution >= 0.6 is 0 Å². The highest BCUT2D eigenvalue weighted by Crippen LogP contribution is 2.26. The van der Waals surface area contributed by atoms with E-state index in [0.717, 1.165) is 22.6 Å². The minimum atomic E-state index is -0.715. The van der Waals surface area contributed by atoms with Crippen LogP contribution in [-0.2, 0) is 12.1 Å². The monoisotopic (exact) mass is 301 g/mol. The van der Waals surface area contributed by atoms with Gasteiger partial charge in [-0.25, -0.2) is 4.68 Å². The number of benzene rings is 1. The number of nitrogens with zero attached hydrogens (tertiary/aromatic N) is 2. The molecule has 0 saturated carbocycles. The Kier molecular flexibility index (Phi) is 4.37. The van der Waals surface area contributed by atoms with Crippen LogP contribution in [0.1, 0.15) is 31.9 Å². The van der Waals surface area contributed by atoms with Crippen LogP contribution in [0.2, 0.25) is 0 Å². The maximum absolute atomic E-state index is 12.4. The number of aryl methyl sites for hydroxylation is 2. The topological polar surface area (TPSA) is 70.1 Å². The van der Waals surface area contributed by atoms with Gasteiger partial charge in [0.2, 0.25) is 0 Å². The first-order chi connectivity index (χ1) is 10.3. The van der Waals surface area contributed by atoms with E-state index in [1.54, 1.807) is 13.2 Å². The number of ether oxygens (including phenoxy) is 1. The van der Waals surface area contributed by atoms with Crippen molar-refractivity contribution in [3.63, 3.8) is 0 Å². The summed E-state index contributed by atoms with van der Waals surface area (Å²) < 4.78 is 6.74. The molecule has 5 nitrogen and oxygen atoms in total. The van der Waals surface area contributed by atoms with Crippen molar-refractivity contribution < 1.29 is 4.74 Å². The third-order valence-electron chi connectivity index (χ3n) is 3.66. The zero-order chi connectivity index (χ0) is 16.5. The molecular weight excluding hydrogens is 278 g/mol. The Morgan fingerprint density at radius 3 is 2.50 bits per heavy atom. The third-order valence-corrected chi connectivity index (χ3v) is 3.66. The van der Waals surface area contributed by atoms with Gasteiger partial charge in [0.05, 0.1) is 12.8 Å². The van der Waals surface area contributed by atoms with Crippen molar-refractivity contribution >= 4 is 0 Å². The summed E-state index contributed by atoms with van der Waals surface area (Å²) in [6, 6.07) is 7.63. The number of rotatable bonds is 4. The second-order valence-corrected chi connectivity index (χ2v) is 5.97. The average Bonchev–Trinajstić information content (AvgIpc) is 2.46. The van der Waals surface area contributed by atoms with Gasteiger partial charge in [-0.1, -0.05) is 0 Å². The van der Waals surface area contributed by atoms with E-state index in [9.17, 15) is 4.79 Å². The SMILES string of the molecule is CCn1nc(-c2ccc(OC)c(C)c2)cc(C(C)(C)N)c1=O. The van der Waals surface area contributed by atoms with E-state index in [4.69, 9.17) is 10.5 Å². The van der Waals surface area contributed by atoms with Gasteiger partial charge in [-0.2, -0.15) is 5.10 Å². The molecule has 5 heteroatoms. The Bertz CT molecular complexity index is 743. The molecule has 0 aliphatic heterocycles. The van der Waals surface area contributed by atoms with Crippen molar-refractivity contribution in [3.05, 3.63) is 45.7 Å². The van der Waals surface area contributed by atoms with E-state index < -0.39 is 5.54 Å². The van der Waals surface area contributed by atoms with E-state index >= 15 is 0 Å². The highest BCUT2D eigenvalue weighted by molar-refractivity contribution is 5.62. The molecule has 1 aromatic heterocycles. The van der Waals surface area contributed by atoms with Crippen molar-refractivity contribution in [2.24, 2.45) is 5.73 Å². The highest BCUT2D eigenvalue weighted by Gasteiger charge is 2.21. The van der Waals surface area contributed by atoms with E-state index in [1.807, 2.05) is 45.9 Å². The molecule has 2 aromatic rings. The third kappa shape index (κ3) is 3.04. The van der Waals surface area contributed by atoms with Crippen molar-refractivity contribution in [2.75, 3.05) is 7.11 Å². The van der Waals surface area contributed by atoms with Crippen LogP contribution in [0.3, 0.4) is 0 Å². The molecule has 118 valence electrons. The minimum Gasteiger partial charge on any atom is -0.496 e. The molecular formula is C17H23N3O2. The van der Waals surface area contributed by atoms with Gasteiger partial charge in [0, 0.05) is 23.2 Å². The number of nitrogens with two attached hydrogens (primary N) is 1. The summed E-state index contributed by atoms with van der Waals surface area (Å²) >= 11 is 0. The van der Waals surface area contributed by atoms with Crippen molar-refractivity contribution in [1.29, 1.82) is 0 Å². The summed E-state index contributed by atoms with van der Waals surface area (Å²) in [4.78, 5) is 12.4. The maximum Gasteiger partial charge on any atom is 0.271 e. The molecule has 0 amide bonds. The van der Waals surface area contributed by atoms with Crippen LogP contribution in [0.5, 0.6) is 5.75 Å². The molecule has 0 aliphatic carbocycles. The Balaban J connectivity index is 2.66. The Morgan fingerprint density at radius 1 is 1.32 bits per heavy atom. The molecule has 22 heavy (non-hydrogen) atoms. The summed E-state index contributed by atoms with van der Waals surface area (Å²) in [6.07, 6.45) is 0. The molecule has 2 N–H and O–H groups in total. The Labute approximate surface area is 130 Å². The van der Waals surface area contributed by atoms with E-state index in [-0.39, 0.29) is 5.56 Å². The van der Waals surface area contributed by atoms with E-state index in [2.05, 4.69) is 5.10 Å². The zero-order valence-electron chi connectivity index (χ0n) is 13.8. The fourth-order valence-corrected chi connectivity index (χ4v) is 2.40. The minimum absolute atomic E-state index is 0.135. The lowest BCUT2D eigenvalue weighted by Gasteiger charge is -2.20. The van der Waals surface area contributed by atoms with Gasteiger partial charge >= 0.3 is 0 Å². The number of methoxy groups -OCH3 is 1. The zero-order valence-corrected chi connectivity index (χ0v) is 13.8. The van der Waals surface area contributed by atoms with Gasteiger partial charge in [-0.3, -0.25) is 4.79 Å². The fraction of sp³-hybridized carbons (Fsp3) is 0.412. The Morgan fingerprint density at radius 2 is 2.00 bits per heavy atom. The van der Waals surface area contributed by atoms with Crippen LogP contribution in [-0.4, -0.2) is 16.9 Å². The van der Waals surface area contributed by atoms with Gasteiger partial charge < -0.3 is 10.5 Å². The largest absolute Gasteiger partial charge is 0.496 e. The lowest BCUT2D eigenvalue weighted by atomic mass is 9.95. The van der Waals surface area contributed by atoms with E-state index in [1.165, 1.54) is 4.68 Å². The van der Waals surface area contributed by atoms with Crippen LogP contribution in [0.15, 0.2) is 29.1 Å². The summed E-state index contributed by atoms with van der Waals surface area (Å²) in [5, 5.41) is 4.44. The number of hydrogen-bond donors (Lipinski definition) is 1. The van der Waals surface area contributed by atoms with Gasteiger partial charge in [-0.15, -0.1) is 0 Å². The van der Waals surface area contributed by atoms with Crippen LogP contribution in [0, 0.1) is 6.92 Å². The van der Waals surface area contributed by atoms with Crippen molar-refractivity contribution in [3.8, 4) is 17.0 Å². The molecule has 0 saturated heterocycles. The number of hydrogen-bond acceptors (Lipinski definition) is 4. The summed E-state index contributed by atoms with van der Waals surface area (Å²) in [6.45, 7) is 8.03. The first kappa shape index (κ1) is 16.2. The first-order valence-electron chi connectivity index (χ1n) is 7.34. The standard InChI is InChI=1S/C17H23N3O2/c1-6-20-16(21)13(17(3,4)18)10-14(19-20)12-7-8-15(22-5)11(2)9-12/h7-10H,6,18H2,1-5H3. The predicted octanol–water partition coefficient (Wildman–Crippen LogP) is 2.44. The van der Waals surface area contributed by atoms with Gasteiger partial charge in [0.1, 0.15) is 5.75 Å². The highest BCUT2D eigenvalue weighted by atomic mass is 16.5. The van der Waals surface area contributed by atoms with Crippen molar-refractivity contribution in [1.82, 2.24) is 9.78 Å². The molecule has 0 fully saturated rings. The van der Waals surface area contributed by atoms with Crippen molar-refractivity contribution in [2.45, 2.75) is 39.8 Å². The van der Waals surface area contributed by atoms with Crippen LogP contribution < -0.4 is 16.0 Å². The van der Waals surface area contributed by atoms with E-state index in [0.29, 0.717) is 12.1 Å². The summed E-state index contributed by atoms with van der Waals surface area (Å²) in [5.74, 6) is 0.826. The normalized spacial score (nSPS) is 11.5. The number of aromatic nitrogens is 2. The van der Waals surface area contributed by atoms with Crippen LogP contribution in [0.4, 0.5) is 0 Å². The molecule has 0 radical (unpaired) electrons. The molecule has 2 rings (SSSR count). The second kappa shape index (κ2) is 5.93. The maximum atomic E-state index is 12.4. The average molecular weight is 301 g/mol. The molecule has 0 bridgehead atoms. The molecule has 1 heterocycles. The second-order valence-electron chi connectivity index (χ2n) is 5.97. The fourth-order valence-electron chi connectivity index (χ4n) is 2.40. The summed E-state index contributed by atoms with van der Waals surface area (Å²) in [5.41, 5.74) is 8.55.